The van der Waals surface area contributed by atoms with Crippen LogP contribution in [0.3, 0.4) is 0 Å². The third-order valence-corrected chi connectivity index (χ3v) is 20.7. The lowest BCUT2D eigenvalue weighted by molar-refractivity contribution is 0.266. The topological polar surface area (TPSA) is 3.24 Å². The maximum Gasteiger partial charge on any atom is 0.0461 e. The molecule has 412 valence electrons. The molecule has 1 nitrogen and oxygen atoms in total. The summed E-state index contributed by atoms with van der Waals surface area (Å²) < 4.78 is 0. The van der Waals surface area contributed by atoms with Gasteiger partial charge < -0.3 is 4.90 Å². The second-order valence-electron chi connectivity index (χ2n) is 27.0. The van der Waals surface area contributed by atoms with Gasteiger partial charge in [0.25, 0.3) is 0 Å². The first-order valence-electron chi connectivity index (χ1n) is 31.2. The minimum atomic E-state index is -0.174. The Kier molecular flexibility index (Phi) is 16.6. The second-order valence-corrected chi connectivity index (χ2v) is 27.0. The molecule has 0 fully saturated rings. The summed E-state index contributed by atoms with van der Waals surface area (Å²) in [7, 11) is 0. The predicted molar refractivity (Wildman–Crippen MR) is 342 cm³/mol. The quantitative estimate of drug-likeness (QED) is 0.0407. The molecule has 3 aliphatic rings. The zero-order chi connectivity index (χ0) is 55.6. The van der Waals surface area contributed by atoms with Gasteiger partial charge in [0.15, 0.2) is 0 Å². The van der Waals surface area contributed by atoms with Gasteiger partial charge in [0.05, 0.1) is 0 Å². The Hall–Kier alpha value is -5.92. The summed E-state index contributed by atoms with van der Waals surface area (Å²) >= 11 is 0. The summed E-state index contributed by atoms with van der Waals surface area (Å²) in [6.07, 6.45) is 24.7. The largest absolute Gasteiger partial charge is 0.311 e. The number of hydrogen-bond donors (Lipinski definition) is 0. The molecule has 0 N–H and O–H groups in total. The maximum absolute atomic E-state index is 3.95. The van der Waals surface area contributed by atoms with Crippen LogP contribution in [0.5, 0.6) is 0 Å². The van der Waals surface area contributed by atoms with Gasteiger partial charge in [-0.15, -0.1) is 6.58 Å². The number of nitrogens with zero attached hydrogens (tertiary/aromatic N) is 1. The number of benzene rings is 7. The van der Waals surface area contributed by atoms with E-state index in [4.69, 9.17) is 0 Å². The number of anilines is 3. The summed E-state index contributed by atoms with van der Waals surface area (Å²) in [5.41, 5.74) is 26.0. The lowest BCUT2D eigenvalue weighted by Crippen LogP contribution is -2.42. The van der Waals surface area contributed by atoms with Gasteiger partial charge in [-0.05, 0) is 232 Å². The number of rotatable bonds is 25. The van der Waals surface area contributed by atoms with Crippen LogP contribution in [0, 0.1) is 0 Å². The van der Waals surface area contributed by atoms with Crippen molar-refractivity contribution in [1.82, 2.24) is 0 Å². The normalized spacial score (nSPS) is 15.0. The van der Waals surface area contributed by atoms with Crippen LogP contribution in [0.1, 0.15) is 219 Å². The van der Waals surface area contributed by atoms with Gasteiger partial charge in [-0.1, -0.05) is 210 Å². The van der Waals surface area contributed by atoms with Gasteiger partial charge in [-0.3, -0.25) is 0 Å². The van der Waals surface area contributed by atoms with Crippen LogP contribution in [-0.2, 0) is 72.0 Å². The number of hydrogen-bond acceptors (Lipinski definition) is 1. The minimum Gasteiger partial charge on any atom is -0.311 e. The molecule has 3 aliphatic carbocycles. The molecule has 0 spiro atoms. The van der Waals surface area contributed by atoms with E-state index in [1.54, 1.807) is 33.4 Å². The fraction of sp³-hybridized carbons (Fsp3) is 0.436. The van der Waals surface area contributed by atoms with E-state index in [9.17, 15) is 0 Å². The number of unbranched alkanes of at least 4 members (excludes halogenated alkanes) is 5. The molecule has 0 saturated carbocycles. The Balaban J connectivity index is 0.975. The molecule has 0 saturated heterocycles. The van der Waals surface area contributed by atoms with Crippen LogP contribution in [-0.4, -0.2) is 0 Å². The van der Waals surface area contributed by atoms with E-state index in [-0.39, 0.29) is 27.1 Å². The summed E-state index contributed by atoms with van der Waals surface area (Å²) in [6, 6.07) is 58.4. The van der Waals surface area contributed by atoms with Gasteiger partial charge in [-0.25, -0.2) is 0 Å². The van der Waals surface area contributed by atoms with Gasteiger partial charge in [0, 0.05) is 27.9 Å². The van der Waals surface area contributed by atoms with Crippen molar-refractivity contribution in [2.45, 2.75) is 218 Å². The molecule has 10 rings (SSSR count). The van der Waals surface area contributed by atoms with Crippen molar-refractivity contribution < 1.29 is 0 Å². The van der Waals surface area contributed by atoms with Crippen molar-refractivity contribution in [2.24, 2.45) is 0 Å². The Bertz CT molecular complexity index is 3160. The van der Waals surface area contributed by atoms with E-state index in [1.165, 1.54) is 157 Å². The Labute approximate surface area is 479 Å². The summed E-state index contributed by atoms with van der Waals surface area (Å²) in [5, 5.41) is 0. The van der Waals surface area contributed by atoms with Crippen LogP contribution in [0.2, 0.25) is 0 Å². The molecule has 1 atom stereocenters. The molecule has 1 heteroatoms. The molecule has 7 aromatic carbocycles. The third kappa shape index (κ3) is 11.4. The van der Waals surface area contributed by atoms with Gasteiger partial charge in [0.1, 0.15) is 0 Å². The van der Waals surface area contributed by atoms with Crippen molar-refractivity contribution in [2.75, 3.05) is 4.90 Å². The van der Waals surface area contributed by atoms with Crippen LogP contribution in [0.15, 0.2) is 158 Å². The molecule has 1 unspecified atom stereocenters. The standard InChI is InChI=1S/C78H95N/c1-12-15-18-23-56-28-42-67(43-29-56)79(68-44-36-63(37-45-68)75(7,8)13-2)69-46-38-64(39-47-69)77(11,14-3)76(9,10)66-41-49-71-70-48-40-65(74(4,5)6)54-72(70)78(73(71)55-66,50-21-16-19-24-57-26-30-59-32-34-61(59)52-57)51-22-17-20-25-58-27-31-60-33-35-62(60)53-58/h12,26-31,36-49,52-55H,1,13-25,32-35,50-51H2,2-11H3. The second kappa shape index (κ2) is 23.3. The van der Waals surface area contributed by atoms with E-state index in [1.807, 2.05) is 6.08 Å². The SMILES string of the molecule is C=CCCCc1ccc(N(c2ccc(C(C)(C)CC)cc2)c2ccc(C(C)(CC)C(C)(C)c3ccc4c(c3)C(CCCCCc3ccc5c(c3)CC5)(CCCCCc3ccc5c(c3)CC5)c3cc(C(C)(C)C)ccc3-4)cc2)cc1. The third-order valence-electron chi connectivity index (χ3n) is 20.7. The maximum atomic E-state index is 3.95. The van der Waals surface area contributed by atoms with Crippen LogP contribution in [0.25, 0.3) is 11.1 Å². The average Bonchev–Trinajstić information content (AvgIpc) is 3.69. The zero-order valence-electron chi connectivity index (χ0n) is 50.5. The first-order chi connectivity index (χ1) is 38.0. The molecule has 0 heterocycles. The Morgan fingerprint density at radius 3 is 1.33 bits per heavy atom. The smallest absolute Gasteiger partial charge is 0.0461 e. The van der Waals surface area contributed by atoms with E-state index in [0.717, 1.165) is 32.1 Å². The number of allylic oxidation sites excluding steroid dienone is 1. The van der Waals surface area contributed by atoms with Crippen molar-refractivity contribution in [3.63, 3.8) is 0 Å². The van der Waals surface area contributed by atoms with Crippen molar-refractivity contribution in [3.05, 3.63) is 231 Å². The van der Waals surface area contributed by atoms with Crippen molar-refractivity contribution >= 4 is 17.1 Å². The molecular formula is C78H95N. The molecule has 0 aromatic heterocycles. The van der Waals surface area contributed by atoms with Crippen molar-refractivity contribution in [1.29, 1.82) is 0 Å². The highest BCUT2D eigenvalue weighted by Gasteiger charge is 2.47. The molecule has 0 radical (unpaired) electrons. The molecule has 0 amide bonds. The summed E-state index contributed by atoms with van der Waals surface area (Å²) in [6.45, 7) is 28.2. The van der Waals surface area contributed by atoms with Gasteiger partial charge >= 0.3 is 0 Å². The molecule has 0 bridgehead atoms. The number of fused-ring (bicyclic) bond motifs is 5. The molecule has 0 aliphatic heterocycles. The lowest BCUT2D eigenvalue weighted by Gasteiger charge is -2.46. The number of aryl methyl sites for hydroxylation is 7. The molecule has 7 aromatic rings. The van der Waals surface area contributed by atoms with E-state index in [2.05, 4.69) is 226 Å². The Morgan fingerprint density at radius 2 is 0.873 bits per heavy atom. The van der Waals surface area contributed by atoms with Crippen LogP contribution in [0.4, 0.5) is 17.1 Å². The van der Waals surface area contributed by atoms with Crippen molar-refractivity contribution in [3.8, 4) is 11.1 Å². The van der Waals surface area contributed by atoms with E-state index in [0.29, 0.717) is 0 Å². The fourth-order valence-corrected chi connectivity index (χ4v) is 14.0. The monoisotopic (exact) mass is 1050 g/mol. The fourth-order valence-electron chi connectivity index (χ4n) is 14.0. The highest BCUT2D eigenvalue weighted by molar-refractivity contribution is 5.82. The summed E-state index contributed by atoms with van der Waals surface area (Å²) in [4.78, 5) is 2.45. The molecule has 79 heavy (non-hydrogen) atoms. The van der Waals surface area contributed by atoms with E-state index >= 15 is 0 Å². The highest BCUT2D eigenvalue weighted by Crippen LogP contribution is 2.57. The Morgan fingerprint density at radius 1 is 0.430 bits per heavy atom. The zero-order valence-corrected chi connectivity index (χ0v) is 50.5. The van der Waals surface area contributed by atoms with Crippen LogP contribution >= 0.6 is 0 Å². The predicted octanol–water partition coefficient (Wildman–Crippen LogP) is 21.4. The molecular weight excluding hydrogens is 951 g/mol. The lowest BCUT2D eigenvalue weighted by atomic mass is 9.58. The van der Waals surface area contributed by atoms with Crippen LogP contribution < -0.4 is 4.90 Å². The summed E-state index contributed by atoms with van der Waals surface area (Å²) in [5.74, 6) is 0. The first kappa shape index (κ1) is 56.4. The average molecular weight is 1050 g/mol. The minimum absolute atomic E-state index is 0.0364. The van der Waals surface area contributed by atoms with E-state index < -0.39 is 0 Å². The van der Waals surface area contributed by atoms with Gasteiger partial charge in [-0.2, -0.15) is 0 Å². The first-order valence-corrected chi connectivity index (χ1v) is 31.2. The van der Waals surface area contributed by atoms with Gasteiger partial charge in [0.2, 0.25) is 0 Å². The highest BCUT2D eigenvalue weighted by atomic mass is 15.1.